The lowest BCUT2D eigenvalue weighted by Crippen LogP contribution is -2.44. The third kappa shape index (κ3) is 4.03. The van der Waals surface area contributed by atoms with E-state index in [9.17, 15) is 18.0 Å². The van der Waals surface area contributed by atoms with Crippen molar-refractivity contribution in [2.75, 3.05) is 6.26 Å². The second-order valence-electron chi connectivity index (χ2n) is 4.45. The molecule has 1 amide bonds. The standard InChI is InChI=1S/C11H15NO5S2/c1-6(2)9(11(14)15)12-10(13)8-4-7(5-18-8)19(3,16)17/h4-6,9H,1-3H3,(H,12,13)(H,14,15). The first kappa shape index (κ1) is 15.6. The number of carboxylic acids is 1. The lowest BCUT2D eigenvalue weighted by molar-refractivity contribution is -0.140. The summed E-state index contributed by atoms with van der Waals surface area (Å²) >= 11 is 0.966. The molecule has 0 radical (unpaired) electrons. The van der Waals surface area contributed by atoms with Crippen LogP contribution in [0.1, 0.15) is 23.5 Å². The van der Waals surface area contributed by atoms with Crippen LogP contribution in [0.3, 0.4) is 0 Å². The number of sulfone groups is 1. The molecule has 0 fully saturated rings. The van der Waals surface area contributed by atoms with E-state index in [1.54, 1.807) is 13.8 Å². The van der Waals surface area contributed by atoms with Gasteiger partial charge in [0, 0.05) is 11.6 Å². The number of carbonyl (C=O) groups excluding carboxylic acids is 1. The van der Waals surface area contributed by atoms with Gasteiger partial charge in [0.1, 0.15) is 6.04 Å². The number of thiophene rings is 1. The molecule has 8 heteroatoms. The summed E-state index contributed by atoms with van der Waals surface area (Å²) in [6.07, 6.45) is 1.05. The van der Waals surface area contributed by atoms with Crippen LogP contribution in [-0.4, -0.2) is 37.7 Å². The molecule has 0 aliphatic rings. The average Bonchev–Trinajstić information content (AvgIpc) is 2.73. The summed E-state index contributed by atoms with van der Waals surface area (Å²) in [5.41, 5.74) is 0. The lowest BCUT2D eigenvalue weighted by Gasteiger charge is -2.17. The molecule has 0 bridgehead atoms. The molecule has 2 N–H and O–H groups in total. The fourth-order valence-corrected chi connectivity index (χ4v) is 3.28. The molecule has 0 aliphatic carbocycles. The minimum atomic E-state index is -3.36. The zero-order valence-electron chi connectivity index (χ0n) is 10.7. The third-order valence-corrected chi connectivity index (χ3v) is 4.62. The van der Waals surface area contributed by atoms with Crippen LogP contribution in [0.25, 0.3) is 0 Å². The molecular formula is C11H15NO5S2. The first-order valence-corrected chi connectivity index (χ1v) is 8.22. The zero-order valence-corrected chi connectivity index (χ0v) is 12.3. The fourth-order valence-electron chi connectivity index (χ4n) is 1.36. The number of carbonyl (C=O) groups is 2. The Balaban J connectivity index is 2.90. The minimum absolute atomic E-state index is 0.0547. The van der Waals surface area contributed by atoms with Gasteiger partial charge in [0.05, 0.1) is 9.77 Å². The van der Waals surface area contributed by atoms with Crippen LogP contribution in [0.5, 0.6) is 0 Å². The number of carboxylic acid groups (broad SMARTS) is 1. The van der Waals surface area contributed by atoms with Gasteiger partial charge in [-0.2, -0.15) is 0 Å². The van der Waals surface area contributed by atoms with Crippen molar-refractivity contribution in [3.8, 4) is 0 Å². The van der Waals surface area contributed by atoms with Gasteiger partial charge in [-0.15, -0.1) is 11.3 Å². The van der Waals surface area contributed by atoms with Crippen LogP contribution >= 0.6 is 11.3 Å². The van der Waals surface area contributed by atoms with E-state index in [-0.39, 0.29) is 15.7 Å². The van der Waals surface area contributed by atoms with Gasteiger partial charge < -0.3 is 10.4 Å². The number of rotatable bonds is 5. The van der Waals surface area contributed by atoms with Crippen molar-refractivity contribution < 1.29 is 23.1 Å². The van der Waals surface area contributed by atoms with Crippen LogP contribution in [0.2, 0.25) is 0 Å². The van der Waals surface area contributed by atoms with Crippen LogP contribution in [0.15, 0.2) is 16.3 Å². The van der Waals surface area contributed by atoms with E-state index in [2.05, 4.69) is 5.32 Å². The average molecular weight is 305 g/mol. The molecule has 1 atom stereocenters. The highest BCUT2D eigenvalue weighted by molar-refractivity contribution is 7.90. The molecule has 1 rings (SSSR count). The van der Waals surface area contributed by atoms with Crippen molar-refractivity contribution in [2.45, 2.75) is 24.8 Å². The molecule has 0 aliphatic heterocycles. The van der Waals surface area contributed by atoms with E-state index in [1.807, 2.05) is 0 Å². The van der Waals surface area contributed by atoms with Gasteiger partial charge >= 0.3 is 5.97 Å². The highest BCUT2D eigenvalue weighted by Gasteiger charge is 2.25. The first-order chi connectivity index (χ1) is 8.62. The number of amides is 1. The maximum Gasteiger partial charge on any atom is 0.326 e. The molecule has 1 unspecified atom stereocenters. The molecule has 1 aromatic rings. The minimum Gasteiger partial charge on any atom is -0.480 e. The molecule has 1 aromatic heterocycles. The van der Waals surface area contributed by atoms with Crippen LogP contribution < -0.4 is 5.32 Å². The Hall–Kier alpha value is -1.41. The summed E-state index contributed by atoms with van der Waals surface area (Å²) in [4.78, 5) is 23.0. The lowest BCUT2D eigenvalue weighted by atomic mass is 10.0. The van der Waals surface area contributed by atoms with E-state index in [0.717, 1.165) is 17.6 Å². The van der Waals surface area contributed by atoms with Gasteiger partial charge in [0.25, 0.3) is 5.91 Å². The molecular weight excluding hydrogens is 290 g/mol. The van der Waals surface area contributed by atoms with Gasteiger partial charge in [-0.3, -0.25) is 4.79 Å². The topological polar surface area (TPSA) is 101 Å². The summed E-state index contributed by atoms with van der Waals surface area (Å²) in [6.45, 7) is 3.35. The van der Waals surface area contributed by atoms with Crippen LogP contribution in [0, 0.1) is 5.92 Å². The van der Waals surface area contributed by atoms with Crippen LogP contribution in [-0.2, 0) is 14.6 Å². The smallest absolute Gasteiger partial charge is 0.326 e. The Bertz CT molecular complexity index is 588. The zero-order chi connectivity index (χ0) is 14.8. The van der Waals surface area contributed by atoms with Gasteiger partial charge in [0.2, 0.25) is 0 Å². The largest absolute Gasteiger partial charge is 0.480 e. The number of aliphatic carboxylic acids is 1. The van der Waals surface area contributed by atoms with Crippen molar-refractivity contribution >= 4 is 33.1 Å². The maximum absolute atomic E-state index is 11.8. The predicted octanol–water partition coefficient (Wildman–Crippen LogP) is 0.991. The monoisotopic (exact) mass is 305 g/mol. The number of nitrogens with one attached hydrogen (secondary N) is 1. The van der Waals surface area contributed by atoms with Crippen molar-refractivity contribution in [3.05, 3.63) is 16.3 Å². The van der Waals surface area contributed by atoms with E-state index in [4.69, 9.17) is 5.11 Å². The third-order valence-electron chi connectivity index (χ3n) is 2.45. The number of hydrogen-bond acceptors (Lipinski definition) is 5. The fraction of sp³-hybridized carbons (Fsp3) is 0.455. The van der Waals surface area contributed by atoms with Crippen molar-refractivity contribution in [2.24, 2.45) is 5.92 Å². The SMILES string of the molecule is CC(C)C(NC(=O)c1cc(S(C)(=O)=O)cs1)C(=O)O. The molecule has 106 valence electrons. The molecule has 19 heavy (non-hydrogen) atoms. The second kappa shape index (κ2) is 5.70. The Morgan fingerprint density at radius 3 is 2.32 bits per heavy atom. The normalized spacial score (nSPS) is 13.3. The van der Waals surface area contributed by atoms with Gasteiger partial charge in [-0.25, -0.2) is 13.2 Å². The Morgan fingerprint density at radius 1 is 1.37 bits per heavy atom. The molecule has 1 heterocycles. The quantitative estimate of drug-likeness (QED) is 0.845. The highest BCUT2D eigenvalue weighted by atomic mass is 32.2. The maximum atomic E-state index is 11.8. The van der Waals surface area contributed by atoms with Crippen molar-refractivity contribution in [3.63, 3.8) is 0 Å². The first-order valence-electron chi connectivity index (χ1n) is 5.45. The Kier molecular flexibility index (Phi) is 4.70. The van der Waals surface area contributed by atoms with Gasteiger partial charge in [0.15, 0.2) is 9.84 Å². The van der Waals surface area contributed by atoms with Gasteiger partial charge in [-0.05, 0) is 12.0 Å². The summed E-state index contributed by atoms with van der Waals surface area (Å²) in [7, 11) is -3.36. The van der Waals surface area contributed by atoms with Crippen molar-refractivity contribution in [1.29, 1.82) is 0 Å². The van der Waals surface area contributed by atoms with E-state index < -0.39 is 27.8 Å². The highest BCUT2D eigenvalue weighted by Crippen LogP contribution is 2.19. The van der Waals surface area contributed by atoms with E-state index in [1.165, 1.54) is 11.4 Å². The summed E-state index contributed by atoms with van der Waals surface area (Å²) in [6, 6.07) is 0.241. The predicted molar refractivity (Wildman–Crippen MR) is 71.2 cm³/mol. The molecule has 0 aromatic carbocycles. The van der Waals surface area contributed by atoms with Crippen molar-refractivity contribution in [1.82, 2.24) is 5.32 Å². The Labute approximate surface area is 115 Å². The molecule has 6 nitrogen and oxygen atoms in total. The van der Waals surface area contributed by atoms with Crippen LogP contribution in [0.4, 0.5) is 0 Å². The van der Waals surface area contributed by atoms with E-state index in [0.29, 0.717) is 0 Å². The summed E-state index contributed by atoms with van der Waals surface area (Å²) in [5.74, 6) is -1.97. The number of hydrogen-bond donors (Lipinski definition) is 2. The van der Waals surface area contributed by atoms with E-state index >= 15 is 0 Å². The molecule has 0 spiro atoms. The summed E-state index contributed by atoms with van der Waals surface area (Å²) in [5, 5.41) is 12.7. The second-order valence-corrected chi connectivity index (χ2v) is 7.38. The Morgan fingerprint density at radius 2 is 1.95 bits per heavy atom. The summed E-state index contributed by atoms with van der Waals surface area (Å²) < 4.78 is 22.6. The molecule has 0 saturated carbocycles. The van der Waals surface area contributed by atoms with Gasteiger partial charge in [-0.1, -0.05) is 13.8 Å². The molecule has 0 saturated heterocycles.